The number of aliphatic hydroxyl groups excluding tert-OH is 26. The molecular weight excluding hydrogens is 1780 g/mol. The number of nitrogens with one attached hydrogen (secondary N) is 3. The van der Waals surface area contributed by atoms with Crippen LogP contribution in [-0.4, -0.2) is 563 Å². The number of hydrogen-bond donors (Lipinski definition) is 36. The zero-order valence-corrected chi connectivity index (χ0v) is 71.8. The fourth-order valence-corrected chi connectivity index (χ4v) is 17.0. The molecule has 0 saturated carbocycles. The van der Waals surface area contributed by atoms with Gasteiger partial charge in [-0.2, -0.15) is 0 Å². The lowest BCUT2D eigenvalue weighted by molar-refractivity contribution is -0.369. The number of methoxy groups -OCH3 is 2. The Labute approximate surface area is 747 Å². The van der Waals surface area contributed by atoms with Gasteiger partial charge in [0.1, 0.15) is 195 Å². The Morgan fingerprint density at radius 2 is 0.496 bits per heavy atom. The monoisotopic (exact) mass is 1920 g/mol. The Morgan fingerprint density at radius 1 is 0.282 bits per heavy atom. The standard InChI is InChI=1S/C45H84N6O31.C28H52N4O17/c1-11(59)51-25-34(70)39(18(9-57)76-44(25)71-2)81-43-23(49)32(68)37(17(8-56)75-43)82-45-24(50-3-12(60)26(62)27(63)13(61)4-52)33(69)38(19(10-58)77-45)80-42-22(48)31(67)36(16(7-55)74-42)79-41-21(47)30(66)35(15(6-54)73-41)78-40-20(46)29(65)28(64)14(5-53)72-40;1-8-10(4-33)43-25(14(29)18(8)38)47-22-11(5-34)44-26(15(30)19(22)39)48-23-12(6-35)45-27(16(31)20(23)40)49-24-13(7-36)46-28(42-3)17(21(24)41)32-9(2)37/h12-45,50,52-58,60-70H,3-10,46-49H2,1-2H3,(H,51,59);8,10-28,33-36,38-41H,4-7,29-31H2,1-3H3,(H,32,37). The first kappa shape index (κ1) is 111. The van der Waals surface area contributed by atoms with E-state index in [-0.39, 0.29) is 0 Å². The molecule has 0 aromatic carbocycles. The van der Waals surface area contributed by atoms with E-state index in [1.807, 2.05) is 0 Å². The topological polar surface area (TPSA) is 963 Å². The number of rotatable bonds is 37. The van der Waals surface area contributed by atoms with Gasteiger partial charge in [-0.25, -0.2) is 0 Å². The summed E-state index contributed by atoms with van der Waals surface area (Å²) in [5.41, 5.74) is 43.8. The Balaban J connectivity index is 0.000000335. The third-order valence-corrected chi connectivity index (χ3v) is 24.7. The maximum Gasteiger partial charge on any atom is 0.217 e. The molecule has 0 radical (unpaired) electrons. The van der Waals surface area contributed by atoms with E-state index in [9.17, 15) is 142 Å². The van der Waals surface area contributed by atoms with Crippen LogP contribution in [0.1, 0.15) is 20.8 Å². The first-order valence-corrected chi connectivity index (χ1v) is 42.4. The fourth-order valence-electron chi connectivity index (χ4n) is 17.0. The Morgan fingerprint density at radius 3 is 0.756 bits per heavy atom. The molecule has 58 heteroatoms. The molecule has 10 saturated heterocycles. The van der Waals surface area contributed by atoms with Crippen LogP contribution < -0.4 is 56.1 Å². The van der Waals surface area contributed by atoms with Crippen LogP contribution in [0.2, 0.25) is 0 Å². The summed E-state index contributed by atoms with van der Waals surface area (Å²) in [5, 5.41) is 283. The number of amides is 2. The lowest BCUT2D eigenvalue weighted by Gasteiger charge is -2.51. The average Bonchev–Trinajstić information content (AvgIpc) is 0.780. The lowest BCUT2D eigenvalue weighted by Crippen LogP contribution is -2.71. The normalized spacial score (nSPS) is 48.1. The second-order valence-electron chi connectivity index (χ2n) is 33.5. The van der Waals surface area contributed by atoms with Crippen molar-refractivity contribution in [1.29, 1.82) is 0 Å². The Kier molecular flexibility index (Phi) is 42.7. The van der Waals surface area contributed by atoms with Gasteiger partial charge in [-0.05, 0) is 0 Å². The molecule has 10 aliphatic rings. The quantitative estimate of drug-likeness (QED) is 0.0275. The predicted octanol–water partition coefficient (Wildman–Crippen LogP) is -24.2. The van der Waals surface area contributed by atoms with Crippen LogP contribution in [0.15, 0.2) is 0 Å². The second kappa shape index (κ2) is 50.3. The van der Waals surface area contributed by atoms with E-state index >= 15 is 0 Å². The summed E-state index contributed by atoms with van der Waals surface area (Å²) in [4.78, 5) is 23.8. The number of carbonyl (C=O) groups is 2. The molecule has 54 atom stereocenters. The smallest absolute Gasteiger partial charge is 0.217 e. The Bertz CT molecular complexity index is 3370. The van der Waals surface area contributed by atoms with Gasteiger partial charge >= 0.3 is 0 Å². The van der Waals surface area contributed by atoms with Crippen LogP contribution in [0, 0.1) is 5.92 Å². The first-order chi connectivity index (χ1) is 62.1. The number of ether oxygens (including phenoxy) is 20. The molecule has 43 N–H and O–H groups in total. The van der Waals surface area contributed by atoms with Crippen molar-refractivity contribution in [2.75, 3.05) is 93.4 Å². The zero-order valence-electron chi connectivity index (χ0n) is 71.8. The maximum absolute atomic E-state index is 12.2. The molecule has 0 spiro atoms. The van der Waals surface area contributed by atoms with Gasteiger partial charge in [0.25, 0.3) is 0 Å². The number of carbonyl (C=O) groups excluding carboxylic acids is 2. The van der Waals surface area contributed by atoms with E-state index in [2.05, 4.69) is 16.0 Å². The summed E-state index contributed by atoms with van der Waals surface area (Å²) >= 11 is 0. The van der Waals surface area contributed by atoms with Gasteiger partial charge in [0, 0.05) is 40.5 Å². The Hall–Kier alpha value is -3.22. The first-order valence-electron chi connectivity index (χ1n) is 42.4. The molecular formula is C73H136N10O48. The second-order valence-corrected chi connectivity index (χ2v) is 33.5. The van der Waals surface area contributed by atoms with Gasteiger partial charge in [0.15, 0.2) is 62.9 Å². The van der Waals surface area contributed by atoms with Crippen molar-refractivity contribution in [3.05, 3.63) is 0 Å². The van der Waals surface area contributed by atoms with Gasteiger partial charge < -0.3 is 284 Å². The molecule has 0 aromatic heterocycles. The van der Waals surface area contributed by atoms with Crippen LogP contribution in [0.4, 0.5) is 0 Å². The summed E-state index contributed by atoms with van der Waals surface area (Å²) in [6.45, 7) is -5.78. The number of nitrogens with two attached hydrogens (primary N) is 7. The van der Waals surface area contributed by atoms with E-state index in [4.69, 9.17) is 135 Å². The highest BCUT2D eigenvalue weighted by molar-refractivity contribution is 5.73. The summed E-state index contributed by atoms with van der Waals surface area (Å²) < 4.78 is 116. The van der Waals surface area contributed by atoms with Crippen LogP contribution in [0.5, 0.6) is 0 Å². The molecule has 766 valence electrons. The third-order valence-electron chi connectivity index (χ3n) is 24.7. The molecule has 10 fully saturated rings. The van der Waals surface area contributed by atoms with Crippen molar-refractivity contribution in [2.45, 2.75) is 346 Å². The summed E-state index contributed by atoms with van der Waals surface area (Å²) in [6.07, 6.45) is -68.6. The van der Waals surface area contributed by atoms with Crippen LogP contribution in [0.25, 0.3) is 0 Å². The molecule has 2 amide bonds. The minimum absolute atomic E-state index is 0.442. The van der Waals surface area contributed by atoms with Crippen molar-refractivity contribution >= 4 is 11.8 Å². The molecule has 10 aliphatic heterocycles. The highest BCUT2D eigenvalue weighted by atomic mass is 16.8. The third kappa shape index (κ3) is 25.2. The molecule has 0 aliphatic carbocycles. The molecule has 0 bridgehead atoms. The van der Waals surface area contributed by atoms with Crippen molar-refractivity contribution in [3.63, 3.8) is 0 Å². The van der Waals surface area contributed by atoms with E-state index in [0.29, 0.717) is 0 Å². The molecule has 10 rings (SSSR count). The number of aliphatic hydroxyl groups is 26. The molecule has 54 unspecified atom stereocenters. The largest absolute Gasteiger partial charge is 0.394 e. The van der Waals surface area contributed by atoms with Crippen molar-refractivity contribution in [2.24, 2.45) is 46.1 Å². The zero-order chi connectivity index (χ0) is 97.1. The highest BCUT2D eigenvalue weighted by Gasteiger charge is 2.61. The number of hydrogen-bond acceptors (Lipinski definition) is 56. The SMILES string of the molecule is COC1OC(CO)C(OC2OC(CO)C(OC3OC(CO)C(OC4OC(CO)C(C)C(O)C4N)C(O)C3N)C(O)C2N)C(O)C1NC(C)=O.COC1OC(CO)C(OC2OC(CO)C(OC3OC(CO)C(OC4OC(CO)C(OC5OC(CO)C(OC6OC(CO)C(O)C(O)C6N)C(O)C5N)C(O)C4N)C(O)C3NCC(O)C(O)C(O)C(O)CO)C(O)C2N)C(O)C1NC(C)=O. The average molecular weight is 1920 g/mol. The van der Waals surface area contributed by atoms with E-state index in [1.54, 1.807) is 6.92 Å². The predicted molar refractivity (Wildman–Crippen MR) is 420 cm³/mol. The van der Waals surface area contributed by atoms with Gasteiger partial charge in [-0.15, -0.1) is 0 Å². The van der Waals surface area contributed by atoms with Crippen LogP contribution in [-0.2, 0) is 104 Å². The molecule has 10 heterocycles. The van der Waals surface area contributed by atoms with Gasteiger partial charge in [0.05, 0.1) is 139 Å². The minimum Gasteiger partial charge on any atom is -0.394 e. The van der Waals surface area contributed by atoms with Crippen LogP contribution >= 0.6 is 0 Å². The van der Waals surface area contributed by atoms with Crippen molar-refractivity contribution < 1.29 is 237 Å². The van der Waals surface area contributed by atoms with Gasteiger partial charge in [-0.3, -0.25) is 9.59 Å². The molecule has 131 heavy (non-hydrogen) atoms. The molecule has 58 nitrogen and oxygen atoms in total. The fraction of sp³-hybridized carbons (Fsp3) is 0.973. The summed E-state index contributed by atoms with van der Waals surface area (Å²) in [5.74, 6) is -1.64. The van der Waals surface area contributed by atoms with Gasteiger partial charge in [-0.1, -0.05) is 6.92 Å². The lowest BCUT2D eigenvalue weighted by atomic mass is 9.89. The minimum atomic E-state index is -2.16. The summed E-state index contributed by atoms with van der Waals surface area (Å²) in [7, 11) is 2.50. The van der Waals surface area contributed by atoms with E-state index in [0.717, 1.165) is 6.92 Å². The molecule has 0 aromatic rings. The van der Waals surface area contributed by atoms with Crippen LogP contribution in [0.3, 0.4) is 0 Å². The van der Waals surface area contributed by atoms with Gasteiger partial charge in [0.2, 0.25) is 11.8 Å². The van der Waals surface area contributed by atoms with Crippen molar-refractivity contribution in [1.82, 2.24) is 16.0 Å². The van der Waals surface area contributed by atoms with E-state index < -0.39 is 422 Å². The highest BCUT2D eigenvalue weighted by Crippen LogP contribution is 2.40. The maximum atomic E-state index is 12.2. The summed E-state index contributed by atoms with van der Waals surface area (Å²) in [6, 6.07) is -14.4. The van der Waals surface area contributed by atoms with Crippen molar-refractivity contribution in [3.8, 4) is 0 Å². The van der Waals surface area contributed by atoms with E-state index in [1.165, 1.54) is 21.1 Å².